The molecule has 0 saturated carbocycles. The zero-order valence-corrected chi connectivity index (χ0v) is 15.5. The van der Waals surface area contributed by atoms with Crippen LogP contribution in [0.25, 0.3) is 11.1 Å². The Morgan fingerprint density at radius 3 is 2.86 bits per heavy atom. The summed E-state index contributed by atoms with van der Waals surface area (Å²) in [6, 6.07) is 9.45. The Morgan fingerprint density at radius 2 is 2.04 bits per heavy atom. The lowest BCUT2D eigenvalue weighted by Crippen LogP contribution is -2.30. The van der Waals surface area contributed by atoms with Crippen LogP contribution < -0.4 is 10.2 Å². The van der Waals surface area contributed by atoms with Gasteiger partial charge >= 0.3 is 6.03 Å². The number of nitrogens with one attached hydrogen (secondary N) is 1. The first-order valence-electron chi connectivity index (χ1n) is 8.86. The third-order valence-corrected chi connectivity index (χ3v) is 5.85. The Balaban J connectivity index is 1.56. The molecule has 2 amide bonds. The molecule has 0 spiro atoms. The van der Waals surface area contributed by atoms with E-state index >= 15 is 0 Å². The Hall–Kier alpha value is -3.06. The molecule has 1 saturated heterocycles. The standard InChI is InChI=1S/C21H15F2N3OS/c22-19-15(13-6-8-28-11-13)3-4-16(20(19)23)18-10-25-21(27)26(18)14-2-1-12-5-7-24-17(12)9-14/h1-4,6-9,11,18H,5,10H2,(H,25,27). The second kappa shape index (κ2) is 6.53. The number of amides is 2. The molecule has 5 rings (SSSR count). The third-order valence-electron chi connectivity index (χ3n) is 5.17. The lowest BCUT2D eigenvalue weighted by Gasteiger charge is -2.24. The van der Waals surface area contributed by atoms with Crippen LogP contribution in [0.5, 0.6) is 0 Å². The number of halogens is 2. The fourth-order valence-corrected chi connectivity index (χ4v) is 4.40. The van der Waals surface area contributed by atoms with Crippen molar-refractivity contribution >= 4 is 35.0 Å². The fourth-order valence-electron chi connectivity index (χ4n) is 3.75. The van der Waals surface area contributed by atoms with E-state index in [0.29, 0.717) is 11.3 Å². The fraction of sp³-hybridized carbons (Fsp3) is 0.143. The SMILES string of the molecule is O=C1NCC(c2ccc(-c3ccsc3)c(F)c2F)N1c1ccc2c(c1)N=CC2. The molecule has 1 unspecified atom stereocenters. The number of hydrogen-bond acceptors (Lipinski definition) is 3. The van der Waals surface area contributed by atoms with Gasteiger partial charge in [-0.3, -0.25) is 9.89 Å². The van der Waals surface area contributed by atoms with Gasteiger partial charge in [-0.15, -0.1) is 0 Å². The second-order valence-corrected chi connectivity index (χ2v) is 7.52. The van der Waals surface area contributed by atoms with Gasteiger partial charge in [-0.05, 0) is 40.1 Å². The molecule has 28 heavy (non-hydrogen) atoms. The van der Waals surface area contributed by atoms with Gasteiger partial charge in [-0.1, -0.05) is 18.2 Å². The summed E-state index contributed by atoms with van der Waals surface area (Å²) in [7, 11) is 0. The van der Waals surface area contributed by atoms with E-state index in [-0.39, 0.29) is 23.7 Å². The molecule has 7 heteroatoms. The maximum absolute atomic E-state index is 15.0. The predicted octanol–water partition coefficient (Wildman–Crippen LogP) is 5.22. The first-order valence-corrected chi connectivity index (χ1v) is 9.81. The molecular formula is C21H15F2N3OS. The first-order chi connectivity index (χ1) is 13.6. The Kier molecular flexibility index (Phi) is 3.98. The third kappa shape index (κ3) is 2.62. The van der Waals surface area contributed by atoms with Crippen molar-refractivity contribution in [3.05, 3.63) is 69.9 Å². The van der Waals surface area contributed by atoms with Crippen LogP contribution in [0, 0.1) is 11.6 Å². The molecule has 0 bridgehead atoms. The number of anilines is 1. The van der Waals surface area contributed by atoms with Crippen LogP contribution in [0.3, 0.4) is 0 Å². The molecule has 4 nitrogen and oxygen atoms in total. The Bertz CT molecular complexity index is 1110. The molecule has 1 aromatic heterocycles. The molecule has 1 N–H and O–H groups in total. The molecule has 2 aliphatic rings. The summed E-state index contributed by atoms with van der Waals surface area (Å²) in [6.07, 6.45) is 2.57. The average molecular weight is 395 g/mol. The number of fused-ring (bicyclic) bond motifs is 1. The largest absolute Gasteiger partial charge is 0.335 e. The van der Waals surface area contributed by atoms with Crippen LogP contribution in [-0.4, -0.2) is 18.8 Å². The number of urea groups is 1. The molecule has 2 aromatic carbocycles. The van der Waals surface area contributed by atoms with E-state index in [0.717, 1.165) is 17.7 Å². The summed E-state index contributed by atoms with van der Waals surface area (Å²) in [5.74, 6) is -1.82. The van der Waals surface area contributed by atoms with Crippen LogP contribution in [0.15, 0.2) is 52.2 Å². The van der Waals surface area contributed by atoms with E-state index in [2.05, 4.69) is 10.3 Å². The lowest BCUT2D eigenvalue weighted by atomic mass is 9.99. The summed E-state index contributed by atoms with van der Waals surface area (Å²) in [4.78, 5) is 18.2. The van der Waals surface area contributed by atoms with Gasteiger partial charge in [0.15, 0.2) is 11.6 Å². The zero-order valence-electron chi connectivity index (χ0n) is 14.7. The predicted molar refractivity (Wildman–Crippen MR) is 107 cm³/mol. The second-order valence-electron chi connectivity index (χ2n) is 6.74. The van der Waals surface area contributed by atoms with E-state index in [9.17, 15) is 13.6 Å². The lowest BCUT2D eigenvalue weighted by molar-refractivity contribution is 0.251. The molecule has 3 aromatic rings. The van der Waals surface area contributed by atoms with Gasteiger partial charge in [0.05, 0.1) is 11.7 Å². The molecule has 0 aliphatic carbocycles. The van der Waals surface area contributed by atoms with Gasteiger partial charge in [0.1, 0.15) is 0 Å². The number of rotatable bonds is 3. The highest BCUT2D eigenvalue weighted by Gasteiger charge is 2.36. The first kappa shape index (κ1) is 17.1. The van der Waals surface area contributed by atoms with E-state index < -0.39 is 17.7 Å². The number of nitrogens with zero attached hydrogens (tertiary/aromatic N) is 2. The van der Waals surface area contributed by atoms with Crippen LogP contribution in [-0.2, 0) is 6.42 Å². The van der Waals surface area contributed by atoms with Crippen LogP contribution in [0.1, 0.15) is 17.2 Å². The van der Waals surface area contributed by atoms with Gasteiger partial charge < -0.3 is 5.32 Å². The van der Waals surface area contributed by atoms with Crippen molar-refractivity contribution in [3.63, 3.8) is 0 Å². The zero-order chi connectivity index (χ0) is 19.3. The van der Waals surface area contributed by atoms with Crippen LogP contribution in [0.4, 0.5) is 25.0 Å². The minimum absolute atomic E-state index is 0.152. The minimum atomic E-state index is -0.922. The Morgan fingerprint density at radius 1 is 1.14 bits per heavy atom. The monoisotopic (exact) mass is 395 g/mol. The van der Waals surface area contributed by atoms with Crippen molar-refractivity contribution in [1.29, 1.82) is 0 Å². The minimum Gasteiger partial charge on any atom is -0.335 e. The average Bonchev–Trinajstić information content (AvgIpc) is 3.44. The summed E-state index contributed by atoms with van der Waals surface area (Å²) >= 11 is 1.42. The number of benzene rings is 2. The topological polar surface area (TPSA) is 44.7 Å². The van der Waals surface area contributed by atoms with Gasteiger partial charge in [0.25, 0.3) is 0 Å². The summed E-state index contributed by atoms with van der Waals surface area (Å²) < 4.78 is 29.8. The van der Waals surface area contributed by atoms with Crippen molar-refractivity contribution in [3.8, 4) is 11.1 Å². The quantitative estimate of drug-likeness (QED) is 0.649. The van der Waals surface area contributed by atoms with E-state index in [1.54, 1.807) is 23.6 Å². The van der Waals surface area contributed by atoms with Crippen molar-refractivity contribution in [2.24, 2.45) is 4.99 Å². The van der Waals surface area contributed by atoms with Crippen LogP contribution in [0.2, 0.25) is 0 Å². The van der Waals surface area contributed by atoms with Crippen molar-refractivity contribution in [2.75, 3.05) is 11.4 Å². The summed E-state index contributed by atoms with van der Waals surface area (Å²) in [5.41, 5.74) is 3.51. The number of aliphatic imine (C=N–C) groups is 1. The number of carbonyl (C=O) groups is 1. The van der Waals surface area contributed by atoms with Gasteiger partial charge in [-0.2, -0.15) is 11.3 Å². The van der Waals surface area contributed by atoms with E-state index in [1.165, 1.54) is 16.2 Å². The molecular weight excluding hydrogens is 380 g/mol. The highest BCUT2D eigenvalue weighted by Crippen LogP contribution is 2.38. The number of thiophene rings is 1. The molecule has 0 radical (unpaired) electrons. The van der Waals surface area contributed by atoms with Crippen molar-refractivity contribution in [2.45, 2.75) is 12.5 Å². The number of carbonyl (C=O) groups excluding carboxylic acids is 1. The summed E-state index contributed by atoms with van der Waals surface area (Å²) in [6.45, 7) is 0.202. The van der Waals surface area contributed by atoms with E-state index in [4.69, 9.17) is 0 Å². The highest BCUT2D eigenvalue weighted by molar-refractivity contribution is 7.08. The molecule has 1 fully saturated rings. The van der Waals surface area contributed by atoms with E-state index in [1.807, 2.05) is 29.8 Å². The maximum atomic E-state index is 15.0. The smallest absolute Gasteiger partial charge is 0.322 e. The highest BCUT2D eigenvalue weighted by atomic mass is 32.1. The Labute approximate surface area is 164 Å². The molecule has 2 aliphatic heterocycles. The van der Waals surface area contributed by atoms with Gasteiger partial charge in [0.2, 0.25) is 0 Å². The molecule has 140 valence electrons. The normalized spacial score (nSPS) is 17.9. The number of hydrogen-bond donors (Lipinski definition) is 1. The molecule has 1 atom stereocenters. The van der Waals surface area contributed by atoms with Crippen molar-refractivity contribution in [1.82, 2.24) is 5.32 Å². The van der Waals surface area contributed by atoms with Crippen LogP contribution >= 0.6 is 11.3 Å². The van der Waals surface area contributed by atoms with Gasteiger partial charge in [-0.25, -0.2) is 13.6 Å². The summed E-state index contributed by atoms with van der Waals surface area (Å²) in [5, 5.41) is 6.33. The van der Waals surface area contributed by atoms with Crippen molar-refractivity contribution < 1.29 is 13.6 Å². The maximum Gasteiger partial charge on any atom is 0.322 e. The van der Waals surface area contributed by atoms with Gasteiger partial charge in [0, 0.05) is 36.0 Å². The molecule has 3 heterocycles.